The molecule has 1 saturated carbocycles. The minimum atomic E-state index is -0.287. The van der Waals surface area contributed by atoms with Crippen molar-refractivity contribution in [3.8, 4) is 0 Å². The second-order valence-electron chi connectivity index (χ2n) is 5.01. The van der Waals surface area contributed by atoms with Gasteiger partial charge in [-0.1, -0.05) is 48.7 Å². The van der Waals surface area contributed by atoms with Gasteiger partial charge in [-0.2, -0.15) is 0 Å². The van der Waals surface area contributed by atoms with E-state index in [0.29, 0.717) is 27.2 Å². The smallest absolute Gasteiger partial charge is 0.0722 e. The summed E-state index contributed by atoms with van der Waals surface area (Å²) in [6.07, 6.45) is 0.410. The summed E-state index contributed by atoms with van der Waals surface area (Å²) in [6.45, 7) is 4.02. The number of anilines is 1. The highest BCUT2D eigenvalue weighted by Crippen LogP contribution is 2.44. The summed E-state index contributed by atoms with van der Waals surface area (Å²) < 4.78 is 0. The van der Waals surface area contributed by atoms with E-state index in [4.69, 9.17) is 34.8 Å². The maximum atomic E-state index is 9.68. The van der Waals surface area contributed by atoms with Crippen LogP contribution in [-0.4, -0.2) is 17.3 Å². The van der Waals surface area contributed by atoms with E-state index in [2.05, 4.69) is 5.32 Å². The summed E-state index contributed by atoms with van der Waals surface area (Å²) in [5.74, 6) is 0. The molecule has 0 aliphatic heterocycles. The Balaban J connectivity index is 2.21. The molecular weight excluding hydrogens is 280 g/mol. The lowest BCUT2D eigenvalue weighted by Crippen LogP contribution is -2.56. The first kappa shape index (κ1) is 13.3. The highest BCUT2D eigenvalue weighted by molar-refractivity contribution is 6.41. The van der Waals surface area contributed by atoms with Crippen molar-refractivity contribution in [3.63, 3.8) is 0 Å². The van der Waals surface area contributed by atoms with Crippen molar-refractivity contribution in [1.82, 2.24) is 0 Å². The first-order chi connectivity index (χ1) is 7.82. The van der Waals surface area contributed by atoms with Crippen LogP contribution in [0.1, 0.15) is 20.3 Å². The Kier molecular flexibility index (Phi) is 3.52. The number of rotatable bonds is 2. The van der Waals surface area contributed by atoms with Gasteiger partial charge in [0.1, 0.15) is 0 Å². The van der Waals surface area contributed by atoms with Gasteiger partial charge in [0.2, 0.25) is 0 Å². The fraction of sp³-hybridized carbons (Fsp3) is 0.500. The van der Waals surface area contributed by atoms with Crippen molar-refractivity contribution >= 4 is 40.5 Å². The molecule has 5 heteroatoms. The van der Waals surface area contributed by atoms with Gasteiger partial charge in [-0.15, -0.1) is 0 Å². The van der Waals surface area contributed by atoms with E-state index in [0.717, 1.165) is 0 Å². The van der Waals surface area contributed by atoms with Crippen LogP contribution < -0.4 is 5.32 Å². The Hall–Kier alpha value is -0.150. The Morgan fingerprint density at radius 2 is 1.76 bits per heavy atom. The molecule has 1 aliphatic rings. The van der Waals surface area contributed by atoms with E-state index < -0.39 is 0 Å². The molecule has 2 N–H and O–H groups in total. The standard InChI is InChI=1S/C12H14Cl3NO/c1-12(2)9(5-10(12)17)16-11-7(14)3-6(13)4-8(11)15/h3-4,9-10,16-17H,5H2,1-2H3. The molecule has 94 valence electrons. The third kappa shape index (κ3) is 2.37. The summed E-state index contributed by atoms with van der Waals surface area (Å²) in [5.41, 5.74) is 0.509. The van der Waals surface area contributed by atoms with Crippen LogP contribution in [0.3, 0.4) is 0 Å². The average molecular weight is 295 g/mol. The van der Waals surface area contributed by atoms with Crippen LogP contribution in [0.25, 0.3) is 0 Å². The minimum absolute atomic E-state index is 0.161. The number of benzene rings is 1. The Bertz CT molecular complexity index is 424. The van der Waals surface area contributed by atoms with Crippen LogP contribution in [0, 0.1) is 5.41 Å². The van der Waals surface area contributed by atoms with Gasteiger partial charge in [0, 0.05) is 16.5 Å². The minimum Gasteiger partial charge on any atom is -0.392 e. The van der Waals surface area contributed by atoms with Crippen LogP contribution in [0.4, 0.5) is 5.69 Å². The van der Waals surface area contributed by atoms with Crippen LogP contribution in [0.5, 0.6) is 0 Å². The quantitative estimate of drug-likeness (QED) is 0.856. The first-order valence-electron chi connectivity index (χ1n) is 5.41. The Morgan fingerprint density at radius 3 is 2.18 bits per heavy atom. The topological polar surface area (TPSA) is 32.3 Å². The second-order valence-corrected chi connectivity index (χ2v) is 6.27. The number of aliphatic hydroxyl groups is 1. The zero-order valence-electron chi connectivity index (χ0n) is 9.60. The summed E-state index contributed by atoms with van der Waals surface area (Å²) in [5, 5.41) is 14.5. The van der Waals surface area contributed by atoms with E-state index in [-0.39, 0.29) is 17.6 Å². The largest absolute Gasteiger partial charge is 0.392 e. The normalized spacial score (nSPS) is 26.5. The van der Waals surface area contributed by atoms with Crippen LogP contribution >= 0.6 is 34.8 Å². The van der Waals surface area contributed by atoms with Gasteiger partial charge in [0.15, 0.2) is 0 Å². The van der Waals surface area contributed by atoms with Crippen molar-refractivity contribution < 1.29 is 5.11 Å². The van der Waals surface area contributed by atoms with Crippen molar-refractivity contribution in [3.05, 3.63) is 27.2 Å². The number of aliphatic hydroxyl groups excluding tert-OH is 1. The SMILES string of the molecule is CC1(C)C(O)CC1Nc1c(Cl)cc(Cl)cc1Cl. The van der Waals surface area contributed by atoms with Gasteiger partial charge in [0.05, 0.1) is 21.8 Å². The number of hydrogen-bond acceptors (Lipinski definition) is 2. The Labute approximate surface area is 116 Å². The maximum Gasteiger partial charge on any atom is 0.0722 e. The highest BCUT2D eigenvalue weighted by Gasteiger charge is 2.47. The van der Waals surface area contributed by atoms with Crippen molar-refractivity contribution in [2.24, 2.45) is 5.41 Å². The van der Waals surface area contributed by atoms with Gasteiger partial charge < -0.3 is 10.4 Å². The number of nitrogens with one attached hydrogen (secondary N) is 1. The van der Waals surface area contributed by atoms with E-state index in [1.54, 1.807) is 12.1 Å². The van der Waals surface area contributed by atoms with E-state index in [9.17, 15) is 5.11 Å². The maximum absolute atomic E-state index is 9.68. The first-order valence-corrected chi connectivity index (χ1v) is 6.55. The number of halogens is 3. The molecule has 2 rings (SSSR count). The molecule has 2 nitrogen and oxygen atoms in total. The van der Waals surface area contributed by atoms with Crippen LogP contribution in [0.2, 0.25) is 15.1 Å². The van der Waals surface area contributed by atoms with Crippen LogP contribution in [0.15, 0.2) is 12.1 Å². The molecule has 1 fully saturated rings. The van der Waals surface area contributed by atoms with Gasteiger partial charge in [-0.3, -0.25) is 0 Å². The molecule has 0 heterocycles. The predicted molar refractivity (Wildman–Crippen MR) is 73.3 cm³/mol. The molecule has 0 radical (unpaired) electrons. The van der Waals surface area contributed by atoms with Crippen molar-refractivity contribution in [1.29, 1.82) is 0 Å². The average Bonchev–Trinajstić information content (AvgIpc) is 2.21. The van der Waals surface area contributed by atoms with E-state index in [1.165, 1.54) is 0 Å². The molecule has 0 bridgehead atoms. The highest BCUT2D eigenvalue weighted by atomic mass is 35.5. The monoisotopic (exact) mass is 293 g/mol. The molecule has 1 aromatic carbocycles. The van der Waals surface area contributed by atoms with Crippen molar-refractivity contribution in [2.75, 3.05) is 5.32 Å². The molecule has 17 heavy (non-hydrogen) atoms. The zero-order chi connectivity index (χ0) is 12.8. The lowest BCUT2D eigenvalue weighted by molar-refractivity contribution is -0.0510. The van der Waals surface area contributed by atoms with Gasteiger partial charge in [-0.25, -0.2) is 0 Å². The van der Waals surface area contributed by atoms with Gasteiger partial charge in [0.25, 0.3) is 0 Å². The summed E-state index contributed by atoms with van der Waals surface area (Å²) >= 11 is 18.0. The lowest BCUT2D eigenvalue weighted by Gasteiger charge is -2.50. The third-order valence-electron chi connectivity index (χ3n) is 3.54. The van der Waals surface area contributed by atoms with Gasteiger partial charge in [-0.05, 0) is 18.6 Å². The predicted octanol–water partition coefficient (Wildman–Crippen LogP) is 4.22. The molecule has 2 unspecified atom stereocenters. The zero-order valence-corrected chi connectivity index (χ0v) is 11.9. The third-order valence-corrected chi connectivity index (χ3v) is 4.36. The fourth-order valence-electron chi connectivity index (χ4n) is 2.00. The van der Waals surface area contributed by atoms with Crippen molar-refractivity contribution in [2.45, 2.75) is 32.4 Å². The van der Waals surface area contributed by atoms with E-state index in [1.807, 2.05) is 13.8 Å². The molecule has 0 spiro atoms. The van der Waals surface area contributed by atoms with Gasteiger partial charge >= 0.3 is 0 Å². The number of hydrogen-bond donors (Lipinski definition) is 2. The fourth-order valence-corrected chi connectivity index (χ4v) is 2.93. The molecule has 0 saturated heterocycles. The lowest BCUT2D eigenvalue weighted by atomic mass is 9.64. The second kappa shape index (κ2) is 4.51. The molecule has 2 atom stereocenters. The summed E-state index contributed by atoms with van der Waals surface area (Å²) in [6, 6.07) is 3.47. The molecule has 1 aromatic rings. The molecule has 0 amide bonds. The Morgan fingerprint density at radius 1 is 1.24 bits per heavy atom. The summed E-state index contributed by atoms with van der Waals surface area (Å²) in [4.78, 5) is 0. The summed E-state index contributed by atoms with van der Waals surface area (Å²) in [7, 11) is 0. The van der Waals surface area contributed by atoms with Crippen LogP contribution in [-0.2, 0) is 0 Å². The van der Waals surface area contributed by atoms with E-state index >= 15 is 0 Å². The molecule has 1 aliphatic carbocycles. The molecule has 0 aromatic heterocycles. The molecular formula is C12H14Cl3NO.